The van der Waals surface area contributed by atoms with Crippen molar-refractivity contribution < 1.29 is 23.7 Å². The van der Waals surface area contributed by atoms with Crippen LogP contribution in [-0.4, -0.2) is 31.4 Å². The predicted molar refractivity (Wildman–Crippen MR) is 200 cm³/mol. The van der Waals surface area contributed by atoms with Gasteiger partial charge in [0.15, 0.2) is 16.3 Å². The Morgan fingerprint density at radius 2 is 1.76 bits per heavy atom. The fourth-order valence-corrected chi connectivity index (χ4v) is 9.08. The van der Waals surface area contributed by atoms with Crippen LogP contribution in [-0.2, 0) is 16.1 Å². The lowest BCUT2D eigenvalue weighted by atomic mass is 9.95. The highest BCUT2D eigenvalue weighted by Crippen LogP contribution is 2.41. The number of aromatic nitrogens is 1. The van der Waals surface area contributed by atoms with Gasteiger partial charge < -0.3 is 18.9 Å². The first kappa shape index (κ1) is 35.2. The molecule has 0 aliphatic carbocycles. The quantitative estimate of drug-likeness (QED) is 0.127. The lowest BCUT2D eigenvalue weighted by Crippen LogP contribution is -2.40. The maximum absolute atomic E-state index is 14.2. The molecule has 1 atom stereocenters. The summed E-state index contributed by atoms with van der Waals surface area (Å²) in [6.45, 7) is 3.92. The summed E-state index contributed by atoms with van der Waals surface area (Å²) >= 11 is 21.7. The van der Waals surface area contributed by atoms with Gasteiger partial charge in [-0.1, -0.05) is 56.5 Å². The largest absolute Gasteiger partial charge is 0.493 e. The zero-order valence-corrected chi connectivity index (χ0v) is 33.0. The molecule has 3 aromatic carbocycles. The van der Waals surface area contributed by atoms with Crippen LogP contribution in [0.25, 0.3) is 6.08 Å². The molecule has 0 fully saturated rings. The van der Waals surface area contributed by atoms with E-state index in [0.29, 0.717) is 52.4 Å². The molecular weight excluding hydrogens is 945 g/mol. The number of methoxy groups -OCH3 is 2. The summed E-state index contributed by atoms with van der Waals surface area (Å²) in [5, 5.41) is 1.09. The van der Waals surface area contributed by atoms with Crippen molar-refractivity contribution in [3.63, 3.8) is 0 Å². The van der Waals surface area contributed by atoms with Gasteiger partial charge in [-0.2, -0.15) is 0 Å². The number of esters is 1. The number of allylic oxidation sites excluding steroid dienone is 1. The first-order valence-corrected chi connectivity index (χ1v) is 18.2. The summed E-state index contributed by atoms with van der Waals surface area (Å²) < 4.78 is 26.9. The predicted octanol–water partition coefficient (Wildman–Crippen LogP) is 7.67. The van der Waals surface area contributed by atoms with Crippen molar-refractivity contribution in [3.05, 3.63) is 112 Å². The van der Waals surface area contributed by atoms with Crippen LogP contribution >= 0.6 is 95.7 Å². The summed E-state index contributed by atoms with van der Waals surface area (Å²) in [5.41, 5.74) is 2.67. The molecular formula is C32H25BrCl2I2N2O6S. The van der Waals surface area contributed by atoms with Gasteiger partial charge in [-0.3, -0.25) is 9.36 Å². The van der Waals surface area contributed by atoms with E-state index in [4.69, 9.17) is 42.1 Å². The van der Waals surface area contributed by atoms with E-state index in [1.807, 2.05) is 24.3 Å². The van der Waals surface area contributed by atoms with Crippen LogP contribution in [0.3, 0.4) is 0 Å². The van der Waals surface area contributed by atoms with Gasteiger partial charge in [0, 0.05) is 20.1 Å². The third kappa shape index (κ3) is 7.16. The van der Waals surface area contributed by atoms with Crippen LogP contribution in [0.5, 0.6) is 17.2 Å². The highest BCUT2D eigenvalue weighted by atomic mass is 127. The van der Waals surface area contributed by atoms with Crippen molar-refractivity contribution in [2.75, 3.05) is 20.8 Å². The fraction of sp³-hybridized carbons (Fsp3) is 0.219. The molecule has 46 heavy (non-hydrogen) atoms. The van der Waals surface area contributed by atoms with Gasteiger partial charge >= 0.3 is 5.97 Å². The second-order valence-electron chi connectivity index (χ2n) is 9.87. The minimum absolute atomic E-state index is 0.170. The topological polar surface area (TPSA) is 88.4 Å². The summed E-state index contributed by atoms with van der Waals surface area (Å²) in [6, 6.07) is 11.8. The van der Waals surface area contributed by atoms with Gasteiger partial charge in [0.05, 0.1) is 49.8 Å². The van der Waals surface area contributed by atoms with E-state index >= 15 is 0 Å². The Labute approximate surface area is 314 Å². The standard InChI is InChI=1S/C32H25BrCl2I2N2O6S/c1-5-44-31(41)27-15(2)38-32-39(28(27)19-12-24(42-3)25(43-4)13-20(19)33)30(40)26(46-32)10-16-8-22(36)29(23(37)9-16)45-14-17-6-7-18(34)11-21(17)35/h6-13,28H,5,14H2,1-4H3/b26-10-/t28-/m1/s1. The molecule has 0 N–H and O–H groups in total. The molecule has 14 heteroatoms. The van der Waals surface area contributed by atoms with E-state index in [9.17, 15) is 9.59 Å². The third-order valence-corrected chi connectivity index (χ3v) is 10.9. The van der Waals surface area contributed by atoms with Gasteiger partial charge in [-0.15, -0.1) is 0 Å². The number of hydrogen-bond donors (Lipinski definition) is 0. The Balaban J connectivity index is 1.60. The molecule has 0 spiro atoms. The molecule has 1 aliphatic heterocycles. The second-order valence-corrected chi connectivity index (χ2v) is 14.9. The molecule has 0 saturated carbocycles. The molecule has 2 heterocycles. The van der Waals surface area contributed by atoms with E-state index in [-0.39, 0.29) is 24.3 Å². The molecule has 1 aromatic heterocycles. The molecule has 0 saturated heterocycles. The minimum Gasteiger partial charge on any atom is -0.493 e. The molecule has 0 unspecified atom stereocenters. The van der Waals surface area contributed by atoms with Crippen molar-refractivity contribution in [3.8, 4) is 17.2 Å². The molecule has 4 aromatic rings. The Kier molecular flexibility index (Phi) is 11.5. The number of nitrogens with zero attached hydrogens (tertiary/aromatic N) is 2. The number of thiazole rings is 1. The smallest absolute Gasteiger partial charge is 0.338 e. The van der Waals surface area contributed by atoms with Gasteiger partial charge in [0.1, 0.15) is 12.4 Å². The van der Waals surface area contributed by atoms with E-state index in [1.165, 1.54) is 30.1 Å². The molecule has 0 amide bonds. The molecule has 1 aliphatic rings. The summed E-state index contributed by atoms with van der Waals surface area (Å²) in [5.74, 6) is 1.10. The maximum atomic E-state index is 14.2. The van der Waals surface area contributed by atoms with Crippen molar-refractivity contribution in [1.29, 1.82) is 0 Å². The first-order valence-electron chi connectivity index (χ1n) is 13.6. The van der Waals surface area contributed by atoms with Crippen LogP contribution in [0, 0.1) is 7.14 Å². The Morgan fingerprint density at radius 3 is 2.39 bits per heavy atom. The summed E-state index contributed by atoms with van der Waals surface area (Å²) in [6.07, 6.45) is 1.82. The molecule has 0 radical (unpaired) electrons. The monoisotopic (exact) mass is 968 g/mol. The maximum Gasteiger partial charge on any atom is 0.338 e. The summed E-state index contributed by atoms with van der Waals surface area (Å²) in [4.78, 5) is 32.6. The lowest BCUT2D eigenvalue weighted by molar-refractivity contribution is -0.139. The number of carbonyl (C=O) groups is 1. The van der Waals surface area contributed by atoms with Crippen molar-refractivity contribution in [2.24, 2.45) is 4.99 Å². The average Bonchev–Trinajstić information content (AvgIpc) is 3.30. The fourth-order valence-electron chi connectivity index (χ4n) is 4.91. The zero-order chi connectivity index (χ0) is 33.3. The lowest BCUT2D eigenvalue weighted by Gasteiger charge is -2.26. The Morgan fingerprint density at radius 1 is 1.09 bits per heavy atom. The van der Waals surface area contributed by atoms with Crippen LogP contribution in [0.2, 0.25) is 10.0 Å². The summed E-state index contributed by atoms with van der Waals surface area (Å²) in [7, 11) is 3.07. The minimum atomic E-state index is -0.831. The number of ether oxygens (including phenoxy) is 4. The van der Waals surface area contributed by atoms with Crippen molar-refractivity contribution in [1.82, 2.24) is 4.57 Å². The first-order chi connectivity index (χ1) is 22.0. The van der Waals surface area contributed by atoms with Crippen LogP contribution in [0.4, 0.5) is 0 Å². The molecule has 240 valence electrons. The highest BCUT2D eigenvalue weighted by molar-refractivity contribution is 14.1. The van der Waals surface area contributed by atoms with Crippen molar-refractivity contribution in [2.45, 2.75) is 26.5 Å². The van der Waals surface area contributed by atoms with Gasteiger partial charge in [0.25, 0.3) is 5.56 Å². The number of halogens is 5. The number of hydrogen-bond acceptors (Lipinski definition) is 8. The SMILES string of the molecule is CCOC(=O)C1=C(C)N=c2s/c(=C\c3cc(I)c(OCc4ccc(Cl)cc4Cl)c(I)c3)c(=O)n2[C@@H]1c1cc(OC)c(OC)cc1Br. The Hall–Kier alpha value is -2.11. The highest BCUT2D eigenvalue weighted by Gasteiger charge is 2.35. The van der Waals surface area contributed by atoms with E-state index in [0.717, 1.165) is 18.3 Å². The molecule has 0 bridgehead atoms. The van der Waals surface area contributed by atoms with Crippen LogP contribution in [0.15, 0.2) is 68.0 Å². The number of benzene rings is 3. The number of fused-ring (bicyclic) bond motifs is 1. The second kappa shape index (κ2) is 15.0. The van der Waals surface area contributed by atoms with Gasteiger partial charge in [-0.05, 0) is 113 Å². The van der Waals surface area contributed by atoms with E-state index in [1.54, 1.807) is 38.1 Å². The third-order valence-electron chi connectivity index (χ3n) is 7.02. The number of carbonyl (C=O) groups excluding carboxylic acids is 1. The van der Waals surface area contributed by atoms with E-state index < -0.39 is 12.0 Å². The zero-order valence-electron chi connectivity index (χ0n) is 24.8. The van der Waals surface area contributed by atoms with Gasteiger partial charge in [0.2, 0.25) is 0 Å². The van der Waals surface area contributed by atoms with E-state index in [2.05, 4.69) is 66.1 Å². The van der Waals surface area contributed by atoms with Crippen molar-refractivity contribution >= 4 is 108 Å². The molecule has 8 nitrogen and oxygen atoms in total. The van der Waals surface area contributed by atoms with Crippen LogP contribution < -0.4 is 29.1 Å². The Bertz CT molecular complexity index is 2060. The van der Waals surface area contributed by atoms with Gasteiger partial charge in [-0.25, -0.2) is 9.79 Å². The number of rotatable bonds is 9. The average molecular weight is 970 g/mol. The normalized spacial score (nSPS) is 14.5. The van der Waals surface area contributed by atoms with Crippen LogP contribution in [0.1, 0.15) is 36.6 Å². The molecule has 5 rings (SSSR count).